The Bertz CT molecular complexity index is 472. The van der Waals surface area contributed by atoms with Gasteiger partial charge in [0.05, 0.1) is 18.3 Å². The van der Waals surface area contributed by atoms with Gasteiger partial charge in [0, 0.05) is 6.61 Å². The van der Waals surface area contributed by atoms with Crippen molar-refractivity contribution in [3.63, 3.8) is 0 Å². The molecule has 0 heterocycles. The van der Waals surface area contributed by atoms with Crippen LogP contribution in [0.4, 0.5) is 8.78 Å². The van der Waals surface area contributed by atoms with Crippen LogP contribution in [0.15, 0.2) is 0 Å². The molecular formula is C27H50F2O2. The van der Waals surface area contributed by atoms with Gasteiger partial charge in [0.25, 0.3) is 0 Å². The molecule has 6 unspecified atom stereocenters. The monoisotopic (exact) mass is 444 g/mol. The maximum Gasteiger partial charge on any atom is 0.160 e. The summed E-state index contributed by atoms with van der Waals surface area (Å²) >= 11 is 0. The van der Waals surface area contributed by atoms with E-state index in [1.54, 1.807) is 0 Å². The molecule has 4 heteroatoms. The van der Waals surface area contributed by atoms with Crippen LogP contribution in [0.1, 0.15) is 106 Å². The Hall–Kier alpha value is -0.220. The van der Waals surface area contributed by atoms with Crippen LogP contribution in [-0.4, -0.2) is 37.3 Å². The quantitative estimate of drug-likeness (QED) is 0.397. The average Bonchev–Trinajstić information content (AvgIpc) is 2.80. The highest BCUT2D eigenvalue weighted by molar-refractivity contribution is 4.94. The number of ether oxygens (including phenoxy) is 2. The van der Waals surface area contributed by atoms with Crippen molar-refractivity contribution in [2.24, 2.45) is 29.6 Å². The fourth-order valence-corrected chi connectivity index (χ4v) is 5.91. The summed E-state index contributed by atoms with van der Waals surface area (Å²) in [5.41, 5.74) is 0. The van der Waals surface area contributed by atoms with Gasteiger partial charge in [-0.1, -0.05) is 47.5 Å². The molecular weight excluding hydrogens is 394 g/mol. The molecule has 0 aromatic rings. The normalized spacial score (nSPS) is 42.4. The minimum Gasteiger partial charge on any atom is -0.375 e. The van der Waals surface area contributed by atoms with E-state index in [4.69, 9.17) is 9.47 Å². The molecule has 3 aliphatic carbocycles. The Balaban J connectivity index is 0.00000166. The van der Waals surface area contributed by atoms with Crippen molar-refractivity contribution in [1.29, 1.82) is 0 Å². The van der Waals surface area contributed by atoms with Crippen LogP contribution < -0.4 is 0 Å². The van der Waals surface area contributed by atoms with E-state index in [-0.39, 0.29) is 12.0 Å². The summed E-state index contributed by atoms with van der Waals surface area (Å²) in [6.45, 7) is 12.9. The van der Waals surface area contributed by atoms with Crippen LogP contribution in [0.5, 0.6) is 0 Å². The average molecular weight is 445 g/mol. The molecule has 0 saturated heterocycles. The van der Waals surface area contributed by atoms with Crippen LogP contribution in [-0.2, 0) is 9.47 Å². The summed E-state index contributed by atoms with van der Waals surface area (Å²) in [6.07, 6.45) is 7.52. The zero-order valence-corrected chi connectivity index (χ0v) is 21.1. The molecule has 0 radical (unpaired) electrons. The molecule has 0 aromatic carbocycles. The van der Waals surface area contributed by atoms with Crippen molar-refractivity contribution in [1.82, 2.24) is 0 Å². The lowest BCUT2D eigenvalue weighted by Gasteiger charge is -2.41. The van der Waals surface area contributed by atoms with E-state index in [2.05, 4.69) is 6.92 Å². The summed E-state index contributed by atoms with van der Waals surface area (Å²) in [4.78, 5) is 0. The molecule has 3 rings (SSSR count). The molecule has 3 aliphatic rings. The van der Waals surface area contributed by atoms with Crippen molar-refractivity contribution in [2.45, 2.75) is 136 Å². The first-order valence-electron chi connectivity index (χ1n) is 13.4. The molecule has 184 valence electrons. The minimum absolute atomic E-state index is 0.0135. The Morgan fingerprint density at radius 3 is 1.94 bits per heavy atom. The van der Waals surface area contributed by atoms with E-state index >= 15 is 0 Å². The van der Waals surface area contributed by atoms with Gasteiger partial charge in [-0.05, 0) is 87.9 Å². The third-order valence-electron chi connectivity index (χ3n) is 8.27. The fourth-order valence-electron chi connectivity index (χ4n) is 5.91. The van der Waals surface area contributed by atoms with Crippen LogP contribution >= 0.6 is 0 Å². The molecule has 0 aliphatic heterocycles. The molecule has 2 nitrogen and oxygen atoms in total. The first kappa shape index (κ1) is 27.0. The molecule has 0 N–H and O–H groups in total. The van der Waals surface area contributed by atoms with Crippen molar-refractivity contribution in [3.8, 4) is 0 Å². The molecule has 31 heavy (non-hydrogen) atoms. The van der Waals surface area contributed by atoms with Crippen LogP contribution in [0.3, 0.4) is 0 Å². The second kappa shape index (κ2) is 13.5. The van der Waals surface area contributed by atoms with Gasteiger partial charge in [-0.3, -0.25) is 0 Å². The molecule has 0 spiro atoms. The Labute approximate surface area is 191 Å². The molecule has 0 bridgehead atoms. The summed E-state index contributed by atoms with van der Waals surface area (Å²) < 4.78 is 41.2. The van der Waals surface area contributed by atoms with Crippen molar-refractivity contribution in [2.75, 3.05) is 6.61 Å². The number of halogens is 2. The summed E-state index contributed by atoms with van der Waals surface area (Å²) in [5.74, 6) is 3.23. The first-order chi connectivity index (χ1) is 14.9. The largest absolute Gasteiger partial charge is 0.375 e. The smallest absolute Gasteiger partial charge is 0.160 e. The highest BCUT2D eigenvalue weighted by Gasteiger charge is 2.46. The molecule has 3 saturated carbocycles. The third-order valence-corrected chi connectivity index (χ3v) is 8.27. The van der Waals surface area contributed by atoms with E-state index in [0.29, 0.717) is 18.9 Å². The topological polar surface area (TPSA) is 18.5 Å². The predicted molar refractivity (Wildman–Crippen MR) is 126 cm³/mol. The Morgan fingerprint density at radius 2 is 1.39 bits per heavy atom. The van der Waals surface area contributed by atoms with Crippen LogP contribution in [0.2, 0.25) is 0 Å². The maximum atomic E-state index is 14.7. The minimum atomic E-state index is -1.58. The van der Waals surface area contributed by atoms with Crippen molar-refractivity contribution in [3.05, 3.63) is 0 Å². The zero-order valence-electron chi connectivity index (χ0n) is 21.1. The van der Waals surface area contributed by atoms with Gasteiger partial charge >= 0.3 is 0 Å². The molecule has 0 aromatic heterocycles. The standard InChI is InChI=1S/C25H44F2O2.C2H6/c1-5-18(4)29-25-17(3)14-22(23(26)24(25)27)28-15-19-8-12-21(13-9-19)20-10-6-16(2)7-11-20;1-2/h16-25H,5-15H2,1-4H3;1-2H3. The van der Waals surface area contributed by atoms with Gasteiger partial charge < -0.3 is 9.47 Å². The van der Waals surface area contributed by atoms with Gasteiger partial charge in [0.2, 0.25) is 0 Å². The van der Waals surface area contributed by atoms with Gasteiger partial charge in [-0.25, -0.2) is 8.78 Å². The van der Waals surface area contributed by atoms with E-state index in [1.165, 1.54) is 51.4 Å². The lowest BCUT2D eigenvalue weighted by Crippen LogP contribution is -2.51. The van der Waals surface area contributed by atoms with E-state index in [1.807, 2.05) is 34.6 Å². The van der Waals surface area contributed by atoms with Gasteiger partial charge in [-0.2, -0.15) is 0 Å². The number of rotatable bonds is 7. The number of hydrogen-bond donors (Lipinski definition) is 0. The van der Waals surface area contributed by atoms with Crippen LogP contribution in [0, 0.1) is 29.6 Å². The second-order valence-corrected chi connectivity index (χ2v) is 10.6. The Kier molecular flexibility index (Phi) is 11.8. The van der Waals surface area contributed by atoms with Crippen molar-refractivity contribution < 1.29 is 18.3 Å². The van der Waals surface area contributed by atoms with Crippen LogP contribution in [0.25, 0.3) is 0 Å². The van der Waals surface area contributed by atoms with Gasteiger partial charge in [-0.15, -0.1) is 0 Å². The highest BCUT2D eigenvalue weighted by Crippen LogP contribution is 2.42. The van der Waals surface area contributed by atoms with Crippen molar-refractivity contribution >= 4 is 0 Å². The first-order valence-corrected chi connectivity index (χ1v) is 13.4. The molecule has 6 atom stereocenters. The summed E-state index contributed by atoms with van der Waals surface area (Å²) in [7, 11) is 0. The highest BCUT2D eigenvalue weighted by atomic mass is 19.2. The SMILES string of the molecule is CC.CCC(C)OC1C(C)CC(OCC2CCC(C3CCC(C)CC3)CC2)C(F)C1F. The zero-order chi connectivity index (χ0) is 23.0. The van der Waals surface area contributed by atoms with E-state index in [9.17, 15) is 8.78 Å². The fraction of sp³-hybridized carbons (Fsp3) is 1.00. The lowest BCUT2D eigenvalue weighted by atomic mass is 9.69. The lowest BCUT2D eigenvalue weighted by molar-refractivity contribution is -0.158. The second-order valence-electron chi connectivity index (χ2n) is 10.6. The van der Waals surface area contributed by atoms with Gasteiger partial charge in [0.1, 0.15) is 0 Å². The maximum absolute atomic E-state index is 14.7. The number of alkyl halides is 2. The third kappa shape index (κ3) is 7.66. The summed E-state index contributed by atoms with van der Waals surface area (Å²) in [5, 5.41) is 0. The Morgan fingerprint density at radius 1 is 0.839 bits per heavy atom. The molecule has 0 amide bonds. The molecule has 3 fully saturated rings. The van der Waals surface area contributed by atoms with Gasteiger partial charge in [0.15, 0.2) is 12.3 Å². The van der Waals surface area contributed by atoms with E-state index in [0.717, 1.165) is 24.2 Å². The predicted octanol–water partition coefficient (Wildman–Crippen LogP) is 7.93. The van der Waals surface area contributed by atoms with E-state index < -0.39 is 24.6 Å². The number of hydrogen-bond acceptors (Lipinski definition) is 2. The summed E-state index contributed by atoms with van der Waals surface area (Å²) in [6, 6.07) is 0.